The standard InChI is InChI=1S/C45H38N4/c1-5-6-7-34-35-20-22-37(46-35)43(31-14-8-28(2)9-15-31)39-24-26-41(48-39)45(33-18-12-30(4)13-19-33)42-27-25-40(49-42)44(38-23-21-36(34)47-38)32-16-10-29(3)11-17-32/h5,8-27,46,49H,1,6-7H2,2-4H3. The minimum Gasteiger partial charge on any atom is -0.355 e. The Hall–Kier alpha value is -6.00. The van der Waals surface area contributed by atoms with Crippen LogP contribution in [0.25, 0.3) is 79.8 Å². The first-order chi connectivity index (χ1) is 23.9. The SMILES string of the molecule is C=CCCc1c2nc(c(-c3ccc(C)cc3)c3ccc([nH]3)c(-c3ccc(C)cc3)c3nc(c(-c4ccc(C)cc4)c4ccc1[nH]4)C=C3)C=C2. The molecule has 5 heterocycles. The van der Waals surface area contributed by atoms with Crippen LogP contribution in [0.15, 0.2) is 110 Å². The monoisotopic (exact) mass is 634 g/mol. The molecular weight excluding hydrogens is 597 g/mol. The largest absolute Gasteiger partial charge is 0.355 e. The number of allylic oxidation sites excluding steroid dienone is 1. The van der Waals surface area contributed by atoms with Crippen molar-refractivity contribution in [1.29, 1.82) is 0 Å². The van der Waals surface area contributed by atoms with Crippen molar-refractivity contribution in [2.75, 3.05) is 0 Å². The molecule has 8 bridgehead atoms. The van der Waals surface area contributed by atoms with Gasteiger partial charge in [-0.25, -0.2) is 9.97 Å². The highest BCUT2D eigenvalue weighted by Crippen LogP contribution is 2.37. The molecule has 0 aliphatic carbocycles. The van der Waals surface area contributed by atoms with Crippen molar-refractivity contribution < 1.29 is 0 Å². The smallest absolute Gasteiger partial charge is 0.0737 e. The molecule has 238 valence electrons. The van der Waals surface area contributed by atoms with Crippen molar-refractivity contribution in [1.82, 2.24) is 19.9 Å². The molecule has 0 radical (unpaired) electrons. The van der Waals surface area contributed by atoms with Crippen LogP contribution >= 0.6 is 0 Å². The number of fused-ring (bicyclic) bond motifs is 8. The maximum atomic E-state index is 5.38. The molecule has 0 amide bonds. The molecule has 2 aliphatic rings. The first-order valence-corrected chi connectivity index (χ1v) is 16.9. The van der Waals surface area contributed by atoms with Crippen LogP contribution in [0.4, 0.5) is 0 Å². The lowest BCUT2D eigenvalue weighted by atomic mass is 10.0. The molecule has 0 atom stereocenters. The van der Waals surface area contributed by atoms with Crippen LogP contribution in [0.3, 0.4) is 0 Å². The van der Waals surface area contributed by atoms with Gasteiger partial charge in [0, 0.05) is 44.3 Å². The van der Waals surface area contributed by atoms with Crippen molar-refractivity contribution in [2.24, 2.45) is 0 Å². The third-order valence-electron chi connectivity index (χ3n) is 9.48. The van der Waals surface area contributed by atoms with Gasteiger partial charge in [0.15, 0.2) is 0 Å². The third kappa shape index (κ3) is 5.76. The van der Waals surface area contributed by atoms with Crippen LogP contribution in [0, 0.1) is 20.8 Å². The van der Waals surface area contributed by atoms with E-state index < -0.39 is 0 Å². The minimum absolute atomic E-state index is 0.819. The quantitative estimate of drug-likeness (QED) is 0.179. The summed E-state index contributed by atoms with van der Waals surface area (Å²) in [6, 6.07) is 34.9. The first kappa shape index (κ1) is 30.3. The maximum absolute atomic E-state index is 5.38. The predicted molar refractivity (Wildman–Crippen MR) is 208 cm³/mol. The molecule has 2 aliphatic heterocycles. The molecule has 0 spiro atoms. The lowest BCUT2D eigenvalue weighted by Gasteiger charge is -2.07. The minimum atomic E-state index is 0.819. The number of aromatic amines is 2. The Morgan fingerprint density at radius 1 is 0.469 bits per heavy atom. The summed E-state index contributed by atoms with van der Waals surface area (Å²) in [7, 11) is 0. The molecule has 0 saturated heterocycles. The van der Waals surface area contributed by atoms with Gasteiger partial charge in [-0.15, -0.1) is 6.58 Å². The van der Waals surface area contributed by atoms with Crippen molar-refractivity contribution in [3.63, 3.8) is 0 Å². The van der Waals surface area contributed by atoms with Gasteiger partial charge in [0.05, 0.1) is 22.8 Å². The molecule has 4 heteroatoms. The molecular formula is C45H38N4. The molecule has 8 rings (SSSR count). The average Bonchev–Trinajstić information content (AvgIpc) is 3.94. The molecule has 0 fully saturated rings. The van der Waals surface area contributed by atoms with E-state index in [-0.39, 0.29) is 0 Å². The van der Waals surface area contributed by atoms with Crippen molar-refractivity contribution in [3.05, 3.63) is 155 Å². The van der Waals surface area contributed by atoms with E-state index in [9.17, 15) is 0 Å². The Labute approximate surface area is 287 Å². The fourth-order valence-electron chi connectivity index (χ4n) is 6.85. The number of H-pyrrole nitrogens is 2. The fraction of sp³-hybridized carbons (Fsp3) is 0.111. The number of nitrogens with one attached hydrogen (secondary N) is 2. The molecule has 3 aromatic heterocycles. The average molecular weight is 635 g/mol. The van der Waals surface area contributed by atoms with Crippen LogP contribution in [0.5, 0.6) is 0 Å². The zero-order valence-electron chi connectivity index (χ0n) is 28.1. The Kier molecular flexibility index (Phi) is 7.77. The van der Waals surface area contributed by atoms with Gasteiger partial charge < -0.3 is 9.97 Å². The van der Waals surface area contributed by atoms with E-state index in [1.165, 1.54) is 16.7 Å². The highest BCUT2D eigenvalue weighted by molar-refractivity contribution is 5.97. The second-order valence-electron chi connectivity index (χ2n) is 13.0. The predicted octanol–water partition coefficient (Wildman–Crippen LogP) is 11.7. The van der Waals surface area contributed by atoms with Gasteiger partial charge in [-0.2, -0.15) is 0 Å². The Bertz CT molecular complexity index is 2410. The summed E-state index contributed by atoms with van der Waals surface area (Å²) in [4.78, 5) is 18.3. The zero-order chi connectivity index (χ0) is 33.5. The van der Waals surface area contributed by atoms with E-state index >= 15 is 0 Å². The van der Waals surface area contributed by atoms with Gasteiger partial charge in [0.2, 0.25) is 0 Å². The Morgan fingerprint density at radius 3 is 1.22 bits per heavy atom. The van der Waals surface area contributed by atoms with Crippen LogP contribution in [0.2, 0.25) is 0 Å². The van der Waals surface area contributed by atoms with E-state index in [0.29, 0.717) is 0 Å². The van der Waals surface area contributed by atoms with E-state index in [4.69, 9.17) is 9.97 Å². The first-order valence-electron chi connectivity index (χ1n) is 16.9. The van der Waals surface area contributed by atoms with Gasteiger partial charge in [-0.1, -0.05) is 95.6 Å². The van der Waals surface area contributed by atoms with E-state index in [1.807, 2.05) is 6.08 Å². The van der Waals surface area contributed by atoms with Crippen molar-refractivity contribution in [2.45, 2.75) is 33.6 Å². The van der Waals surface area contributed by atoms with E-state index in [2.05, 4.69) is 159 Å². The molecule has 0 unspecified atom stereocenters. The molecule has 2 N–H and O–H groups in total. The van der Waals surface area contributed by atoms with Gasteiger partial charge in [0.25, 0.3) is 0 Å². The van der Waals surface area contributed by atoms with Crippen LogP contribution < -0.4 is 0 Å². The molecule has 6 aromatic rings. The van der Waals surface area contributed by atoms with Crippen molar-refractivity contribution >= 4 is 46.4 Å². The molecule has 4 nitrogen and oxygen atoms in total. The molecule has 0 saturated carbocycles. The normalized spacial score (nSPS) is 12.1. The van der Waals surface area contributed by atoms with Crippen LogP contribution in [-0.2, 0) is 6.42 Å². The summed E-state index contributed by atoms with van der Waals surface area (Å²) < 4.78 is 0. The Balaban J connectivity index is 1.55. The summed E-state index contributed by atoms with van der Waals surface area (Å²) >= 11 is 0. The highest BCUT2D eigenvalue weighted by atomic mass is 14.8. The lowest BCUT2D eigenvalue weighted by molar-refractivity contribution is 0.997. The number of benzene rings is 3. The number of rotatable bonds is 6. The summed E-state index contributed by atoms with van der Waals surface area (Å²) in [5.41, 5.74) is 19.2. The Morgan fingerprint density at radius 2 is 0.816 bits per heavy atom. The summed E-state index contributed by atoms with van der Waals surface area (Å²) in [5, 5.41) is 0. The van der Waals surface area contributed by atoms with Crippen LogP contribution in [0.1, 0.15) is 51.5 Å². The summed E-state index contributed by atoms with van der Waals surface area (Å²) in [6.45, 7) is 10.4. The number of nitrogens with zero attached hydrogens (tertiary/aromatic N) is 2. The third-order valence-corrected chi connectivity index (χ3v) is 9.48. The van der Waals surface area contributed by atoms with Gasteiger partial charge >= 0.3 is 0 Å². The summed E-state index contributed by atoms with van der Waals surface area (Å²) in [6.07, 6.45) is 12.3. The lowest BCUT2D eigenvalue weighted by Crippen LogP contribution is -1.92. The van der Waals surface area contributed by atoms with Crippen LogP contribution in [-0.4, -0.2) is 19.9 Å². The second-order valence-corrected chi connectivity index (χ2v) is 13.0. The molecule has 3 aromatic carbocycles. The van der Waals surface area contributed by atoms with E-state index in [0.717, 1.165) is 96.6 Å². The second kappa shape index (κ2) is 12.6. The van der Waals surface area contributed by atoms with Gasteiger partial charge in [0.1, 0.15) is 0 Å². The zero-order valence-corrected chi connectivity index (χ0v) is 28.1. The number of hydrogen-bond acceptors (Lipinski definition) is 2. The topological polar surface area (TPSA) is 57.4 Å². The fourth-order valence-corrected chi connectivity index (χ4v) is 6.85. The van der Waals surface area contributed by atoms with E-state index in [1.54, 1.807) is 0 Å². The number of aryl methyl sites for hydroxylation is 4. The maximum Gasteiger partial charge on any atom is 0.0737 e. The number of aromatic nitrogens is 4. The van der Waals surface area contributed by atoms with Gasteiger partial charge in [-0.3, -0.25) is 0 Å². The summed E-state index contributed by atoms with van der Waals surface area (Å²) in [5.74, 6) is 0. The molecule has 49 heavy (non-hydrogen) atoms. The highest BCUT2D eigenvalue weighted by Gasteiger charge is 2.18. The number of hydrogen-bond donors (Lipinski definition) is 2. The van der Waals surface area contributed by atoms with Gasteiger partial charge in [-0.05, 0) is 98.9 Å². The van der Waals surface area contributed by atoms with Crippen molar-refractivity contribution in [3.8, 4) is 33.4 Å².